The van der Waals surface area contributed by atoms with Crippen molar-refractivity contribution in [2.24, 2.45) is 0 Å². The Hall–Kier alpha value is -1.40. The summed E-state index contributed by atoms with van der Waals surface area (Å²) in [5.74, 6) is -0.0284. The van der Waals surface area contributed by atoms with Crippen molar-refractivity contribution < 1.29 is 4.79 Å². The number of rotatable bonds is 4. The van der Waals surface area contributed by atoms with Crippen LogP contribution < -0.4 is 0 Å². The Morgan fingerprint density at radius 2 is 2.13 bits per heavy atom. The molecule has 0 N–H and O–H groups in total. The van der Waals surface area contributed by atoms with Gasteiger partial charge < -0.3 is 0 Å². The van der Waals surface area contributed by atoms with Gasteiger partial charge in [0.15, 0.2) is 5.78 Å². The van der Waals surface area contributed by atoms with Gasteiger partial charge in [0, 0.05) is 0 Å². The van der Waals surface area contributed by atoms with Gasteiger partial charge in [0.2, 0.25) is 0 Å². The zero-order valence-electron chi connectivity index (χ0n) is 8.11. The van der Waals surface area contributed by atoms with Crippen molar-refractivity contribution in [1.82, 2.24) is 0 Å². The zero-order chi connectivity index (χ0) is 11.3. The quantitative estimate of drug-likeness (QED) is 0.619. The van der Waals surface area contributed by atoms with Crippen molar-refractivity contribution in [1.29, 1.82) is 5.26 Å². The molecule has 0 aromatic heterocycles. The number of hydrogen-bond donors (Lipinski definition) is 0. The number of halogens is 1. The van der Waals surface area contributed by atoms with Gasteiger partial charge in [-0.25, -0.2) is 0 Å². The van der Waals surface area contributed by atoms with E-state index >= 15 is 0 Å². The average molecular weight is 264 g/mol. The second-order valence-electron chi connectivity index (χ2n) is 3.09. The molecule has 0 aliphatic heterocycles. The van der Waals surface area contributed by atoms with Crippen LogP contribution in [-0.2, 0) is 11.2 Å². The smallest absolute Gasteiger partial charge is 0.169 e. The summed E-state index contributed by atoms with van der Waals surface area (Å²) < 4.78 is 0. The van der Waals surface area contributed by atoms with Crippen LogP contribution >= 0.6 is 15.9 Å². The Morgan fingerprint density at radius 3 is 2.60 bits per heavy atom. The van der Waals surface area contributed by atoms with Crippen molar-refractivity contribution >= 4 is 21.7 Å². The SMILES string of the molecule is C=CC(=O)C(Br)Cc1ccc(C#N)cc1. The summed E-state index contributed by atoms with van der Waals surface area (Å²) >= 11 is 3.29. The van der Waals surface area contributed by atoms with E-state index in [9.17, 15) is 4.79 Å². The highest BCUT2D eigenvalue weighted by Crippen LogP contribution is 2.12. The van der Waals surface area contributed by atoms with Crippen molar-refractivity contribution in [3.05, 3.63) is 48.0 Å². The molecule has 3 heteroatoms. The number of carbonyl (C=O) groups excluding carboxylic acids is 1. The molecular formula is C12H10BrNO. The van der Waals surface area contributed by atoms with Crippen LogP contribution in [0.1, 0.15) is 11.1 Å². The van der Waals surface area contributed by atoms with Crippen LogP contribution in [0.2, 0.25) is 0 Å². The maximum Gasteiger partial charge on any atom is 0.169 e. The first kappa shape index (κ1) is 11.7. The van der Waals surface area contributed by atoms with E-state index in [4.69, 9.17) is 5.26 Å². The van der Waals surface area contributed by atoms with Gasteiger partial charge in [-0.1, -0.05) is 34.6 Å². The van der Waals surface area contributed by atoms with Gasteiger partial charge in [-0.3, -0.25) is 4.79 Å². The first-order chi connectivity index (χ1) is 7.17. The van der Waals surface area contributed by atoms with E-state index in [1.807, 2.05) is 18.2 Å². The maximum atomic E-state index is 11.2. The summed E-state index contributed by atoms with van der Waals surface area (Å²) in [6.07, 6.45) is 1.92. The van der Waals surface area contributed by atoms with Gasteiger partial charge in [0.1, 0.15) is 0 Å². The summed E-state index contributed by atoms with van der Waals surface area (Å²) in [5, 5.41) is 8.61. The molecule has 0 aliphatic rings. The van der Waals surface area contributed by atoms with Crippen LogP contribution in [0.3, 0.4) is 0 Å². The van der Waals surface area contributed by atoms with Crippen LogP contribution in [0, 0.1) is 11.3 Å². The Balaban J connectivity index is 2.69. The molecule has 0 fully saturated rings. The normalized spacial score (nSPS) is 11.5. The van der Waals surface area contributed by atoms with Crippen molar-refractivity contribution in [2.75, 3.05) is 0 Å². The van der Waals surface area contributed by atoms with Crippen LogP contribution in [-0.4, -0.2) is 10.6 Å². The highest BCUT2D eigenvalue weighted by Gasteiger charge is 2.11. The van der Waals surface area contributed by atoms with Crippen LogP contribution in [0.4, 0.5) is 0 Å². The van der Waals surface area contributed by atoms with Gasteiger partial charge in [0.05, 0.1) is 16.5 Å². The third kappa shape index (κ3) is 3.34. The number of alkyl halides is 1. The van der Waals surface area contributed by atoms with Gasteiger partial charge in [-0.05, 0) is 30.2 Å². The van der Waals surface area contributed by atoms with E-state index in [0.29, 0.717) is 12.0 Å². The van der Waals surface area contributed by atoms with Gasteiger partial charge in [-0.2, -0.15) is 5.26 Å². The minimum Gasteiger partial charge on any atom is -0.294 e. The Kier molecular flexibility index (Phi) is 4.26. The van der Waals surface area contributed by atoms with E-state index in [0.717, 1.165) is 5.56 Å². The summed E-state index contributed by atoms with van der Waals surface area (Å²) in [6, 6.07) is 9.23. The fourth-order valence-corrected chi connectivity index (χ4v) is 1.71. The predicted molar refractivity (Wildman–Crippen MR) is 62.8 cm³/mol. The number of allylic oxidation sites excluding steroid dienone is 1. The molecule has 0 aliphatic carbocycles. The Labute approximate surface area is 97.4 Å². The van der Waals surface area contributed by atoms with Crippen molar-refractivity contribution in [3.63, 3.8) is 0 Å². The van der Waals surface area contributed by atoms with Gasteiger partial charge in [-0.15, -0.1) is 0 Å². The number of hydrogen-bond acceptors (Lipinski definition) is 2. The number of nitrogens with zero attached hydrogens (tertiary/aromatic N) is 1. The van der Waals surface area contributed by atoms with E-state index in [1.54, 1.807) is 12.1 Å². The highest BCUT2D eigenvalue weighted by molar-refractivity contribution is 9.10. The lowest BCUT2D eigenvalue weighted by atomic mass is 10.1. The van der Waals surface area contributed by atoms with Crippen LogP contribution in [0.25, 0.3) is 0 Å². The maximum absolute atomic E-state index is 11.2. The molecule has 0 bridgehead atoms. The van der Waals surface area contributed by atoms with E-state index in [1.165, 1.54) is 6.08 Å². The first-order valence-corrected chi connectivity index (χ1v) is 5.38. The third-order valence-corrected chi connectivity index (χ3v) is 2.78. The predicted octanol–water partition coefficient (Wildman–Crippen LogP) is 2.62. The number of ketones is 1. The molecule has 1 atom stereocenters. The second kappa shape index (κ2) is 5.47. The molecule has 0 saturated carbocycles. The summed E-state index contributed by atoms with van der Waals surface area (Å²) in [5.41, 5.74) is 1.64. The minimum absolute atomic E-state index is 0.0284. The molecule has 0 saturated heterocycles. The molecule has 15 heavy (non-hydrogen) atoms. The topological polar surface area (TPSA) is 40.9 Å². The molecular weight excluding hydrogens is 254 g/mol. The fourth-order valence-electron chi connectivity index (χ4n) is 1.15. The molecule has 0 amide bonds. The molecule has 1 aromatic carbocycles. The highest BCUT2D eigenvalue weighted by atomic mass is 79.9. The van der Waals surface area contributed by atoms with Crippen LogP contribution in [0.15, 0.2) is 36.9 Å². The molecule has 1 rings (SSSR count). The molecule has 1 unspecified atom stereocenters. The number of benzene rings is 1. The molecule has 0 radical (unpaired) electrons. The largest absolute Gasteiger partial charge is 0.294 e. The van der Waals surface area contributed by atoms with Crippen LogP contribution in [0.5, 0.6) is 0 Å². The monoisotopic (exact) mass is 263 g/mol. The van der Waals surface area contributed by atoms with Gasteiger partial charge >= 0.3 is 0 Å². The number of nitriles is 1. The molecule has 2 nitrogen and oxygen atoms in total. The minimum atomic E-state index is -0.233. The first-order valence-electron chi connectivity index (χ1n) is 4.46. The molecule has 76 valence electrons. The lowest BCUT2D eigenvalue weighted by molar-refractivity contribution is -0.114. The van der Waals surface area contributed by atoms with Gasteiger partial charge in [0.25, 0.3) is 0 Å². The Bertz CT molecular complexity index is 403. The zero-order valence-corrected chi connectivity index (χ0v) is 9.70. The lowest BCUT2D eigenvalue weighted by Crippen LogP contribution is -2.13. The average Bonchev–Trinajstić information content (AvgIpc) is 2.29. The molecule has 1 aromatic rings. The van der Waals surface area contributed by atoms with E-state index in [-0.39, 0.29) is 10.6 Å². The van der Waals surface area contributed by atoms with E-state index < -0.39 is 0 Å². The fraction of sp³-hybridized carbons (Fsp3) is 0.167. The second-order valence-corrected chi connectivity index (χ2v) is 4.19. The van der Waals surface area contributed by atoms with E-state index in [2.05, 4.69) is 22.5 Å². The summed E-state index contributed by atoms with van der Waals surface area (Å²) in [7, 11) is 0. The molecule has 0 heterocycles. The Morgan fingerprint density at radius 1 is 1.53 bits per heavy atom. The standard InChI is InChI=1S/C12H10BrNO/c1-2-12(15)11(13)7-9-3-5-10(8-14)6-4-9/h2-6,11H,1,7H2. The number of carbonyl (C=O) groups is 1. The molecule has 0 spiro atoms. The lowest BCUT2D eigenvalue weighted by Gasteiger charge is -2.05. The third-order valence-electron chi connectivity index (χ3n) is 2.01. The summed E-state index contributed by atoms with van der Waals surface area (Å²) in [4.78, 5) is 11.0. The van der Waals surface area contributed by atoms with Crippen molar-refractivity contribution in [3.8, 4) is 6.07 Å². The van der Waals surface area contributed by atoms with Crippen molar-refractivity contribution in [2.45, 2.75) is 11.2 Å². The summed E-state index contributed by atoms with van der Waals surface area (Å²) in [6.45, 7) is 3.43.